The van der Waals surface area contributed by atoms with Gasteiger partial charge in [-0.1, -0.05) is 97.1 Å². The van der Waals surface area contributed by atoms with Gasteiger partial charge in [-0.2, -0.15) is 0 Å². The van der Waals surface area contributed by atoms with Gasteiger partial charge >= 0.3 is 0 Å². The molecule has 1 aromatic heterocycles. The molecule has 0 atom stereocenters. The molecule has 0 amide bonds. The molecule has 0 bridgehead atoms. The van der Waals surface area contributed by atoms with Crippen LogP contribution in [0, 0.1) is 0 Å². The molecule has 0 unspecified atom stereocenters. The Morgan fingerprint density at radius 2 is 0.829 bits per heavy atom. The summed E-state index contributed by atoms with van der Waals surface area (Å²) in [6.45, 7) is 0. The summed E-state index contributed by atoms with van der Waals surface area (Å²) in [5, 5.41) is 5.26. The minimum Gasteiger partial charge on any atom is -0.354 e. The first-order valence-electron chi connectivity index (χ1n) is 12.1. The van der Waals surface area contributed by atoms with Gasteiger partial charge in [-0.15, -0.1) is 0 Å². The van der Waals surface area contributed by atoms with Crippen LogP contribution in [-0.2, 0) is 0 Å². The van der Waals surface area contributed by atoms with Gasteiger partial charge in [0.25, 0.3) is 0 Å². The maximum absolute atomic E-state index is 3.81. The molecule has 0 aliphatic heterocycles. The van der Waals surface area contributed by atoms with Crippen LogP contribution in [0.3, 0.4) is 0 Å². The summed E-state index contributed by atoms with van der Waals surface area (Å²) in [6.07, 6.45) is 0. The molecule has 8 rings (SSSR count). The quantitative estimate of drug-likeness (QED) is 0.274. The monoisotopic (exact) mass is 443 g/mol. The van der Waals surface area contributed by atoms with E-state index in [0.29, 0.717) is 0 Å². The first-order chi connectivity index (χ1) is 17.3. The third-order valence-corrected chi connectivity index (χ3v) is 7.50. The Morgan fingerprint density at radius 3 is 1.31 bits per heavy atom. The average Bonchev–Trinajstić information content (AvgIpc) is 3.25. The van der Waals surface area contributed by atoms with Gasteiger partial charge in [-0.3, -0.25) is 0 Å². The Hall–Kier alpha value is -4.62. The third-order valence-electron chi connectivity index (χ3n) is 7.50. The van der Waals surface area contributed by atoms with E-state index in [1.54, 1.807) is 0 Å². The van der Waals surface area contributed by atoms with E-state index in [-0.39, 0.29) is 0 Å². The van der Waals surface area contributed by atoms with Gasteiger partial charge < -0.3 is 4.98 Å². The lowest BCUT2D eigenvalue weighted by Gasteiger charge is -2.13. The highest BCUT2D eigenvalue weighted by atomic mass is 14.7. The van der Waals surface area contributed by atoms with Crippen molar-refractivity contribution in [1.82, 2.24) is 4.98 Å². The summed E-state index contributed by atoms with van der Waals surface area (Å²) in [7, 11) is 0. The Morgan fingerprint density at radius 1 is 0.343 bits per heavy atom. The number of hydrogen-bond donors (Lipinski definition) is 1. The molecule has 7 aromatic rings. The Balaban J connectivity index is 1.59. The van der Waals surface area contributed by atoms with Crippen LogP contribution in [0.15, 0.2) is 121 Å². The Bertz CT molecular complexity index is 1790. The Labute approximate surface area is 203 Å². The molecule has 0 spiro atoms. The second kappa shape index (κ2) is 6.94. The molecule has 1 aliphatic rings. The SMILES string of the molecule is c1ccc(-c2cc3c4c(c2)[nH]c2cc(-c5ccccc5)cc(c24)-c2cccc4cccc-3c24)cc1. The fourth-order valence-corrected chi connectivity index (χ4v) is 5.97. The van der Waals surface area contributed by atoms with E-state index in [2.05, 4.69) is 126 Å². The van der Waals surface area contributed by atoms with Crippen LogP contribution in [0.2, 0.25) is 0 Å². The lowest BCUT2D eigenvalue weighted by atomic mass is 9.91. The van der Waals surface area contributed by atoms with Crippen LogP contribution >= 0.6 is 0 Å². The summed E-state index contributed by atoms with van der Waals surface area (Å²) < 4.78 is 0. The molecule has 0 saturated carbocycles. The van der Waals surface area contributed by atoms with Crippen molar-refractivity contribution in [3.8, 4) is 44.5 Å². The Kier molecular flexibility index (Phi) is 3.72. The molecule has 6 aromatic carbocycles. The maximum atomic E-state index is 3.81. The number of H-pyrrole nitrogens is 1. The molecule has 1 heterocycles. The van der Waals surface area contributed by atoms with E-state index in [4.69, 9.17) is 0 Å². The largest absolute Gasteiger partial charge is 0.354 e. The molecule has 1 aliphatic carbocycles. The van der Waals surface area contributed by atoms with Crippen LogP contribution in [0.5, 0.6) is 0 Å². The lowest BCUT2D eigenvalue weighted by molar-refractivity contribution is 1.53. The molecule has 162 valence electrons. The molecule has 35 heavy (non-hydrogen) atoms. The molecule has 0 radical (unpaired) electrons. The molecule has 0 fully saturated rings. The van der Waals surface area contributed by atoms with Crippen molar-refractivity contribution in [2.24, 2.45) is 0 Å². The lowest BCUT2D eigenvalue weighted by Crippen LogP contribution is -1.87. The second-order valence-corrected chi connectivity index (χ2v) is 9.46. The fraction of sp³-hybridized carbons (Fsp3) is 0. The molecular formula is C34H21N. The highest BCUT2D eigenvalue weighted by Crippen LogP contribution is 2.50. The van der Waals surface area contributed by atoms with Crippen LogP contribution in [0.25, 0.3) is 77.1 Å². The average molecular weight is 444 g/mol. The minimum atomic E-state index is 1.19. The number of fused-ring (bicyclic) bond motifs is 2. The van der Waals surface area contributed by atoms with Crippen molar-refractivity contribution >= 4 is 32.6 Å². The van der Waals surface area contributed by atoms with Gasteiger partial charge in [0.2, 0.25) is 0 Å². The topological polar surface area (TPSA) is 15.8 Å². The highest BCUT2D eigenvalue weighted by molar-refractivity contribution is 6.27. The van der Waals surface area contributed by atoms with Gasteiger partial charge in [0, 0.05) is 21.8 Å². The van der Waals surface area contributed by atoms with Crippen molar-refractivity contribution in [2.45, 2.75) is 0 Å². The van der Waals surface area contributed by atoms with Crippen LogP contribution in [0.1, 0.15) is 0 Å². The maximum Gasteiger partial charge on any atom is 0.0477 e. The number of nitrogens with one attached hydrogen (secondary N) is 1. The standard InChI is InChI=1S/C34H21N/c1-3-9-21(10-4-1)24-17-28-26-15-7-13-23-14-8-16-27(32(23)26)29-18-25(22-11-5-2-6-12-22)20-31-34(29)33(28)30(19-24)35-31/h1-20,35H. The van der Waals surface area contributed by atoms with E-state index in [9.17, 15) is 0 Å². The van der Waals surface area contributed by atoms with E-state index in [0.717, 1.165) is 0 Å². The number of hydrogen-bond acceptors (Lipinski definition) is 0. The minimum absolute atomic E-state index is 1.19. The summed E-state index contributed by atoms with van der Waals surface area (Å²) in [5.41, 5.74) is 12.5. The normalized spacial score (nSPS) is 12.0. The molecule has 1 heteroatoms. The number of aromatic amines is 1. The van der Waals surface area contributed by atoms with E-state index < -0.39 is 0 Å². The van der Waals surface area contributed by atoms with E-state index in [1.807, 2.05) is 0 Å². The van der Waals surface area contributed by atoms with Crippen molar-refractivity contribution in [3.63, 3.8) is 0 Å². The van der Waals surface area contributed by atoms with Crippen molar-refractivity contribution < 1.29 is 0 Å². The zero-order valence-electron chi connectivity index (χ0n) is 19.0. The van der Waals surface area contributed by atoms with Crippen molar-refractivity contribution in [2.75, 3.05) is 0 Å². The van der Waals surface area contributed by atoms with Gasteiger partial charge in [-0.05, 0) is 79.5 Å². The second-order valence-electron chi connectivity index (χ2n) is 9.46. The van der Waals surface area contributed by atoms with Crippen LogP contribution < -0.4 is 0 Å². The van der Waals surface area contributed by atoms with Crippen LogP contribution in [0.4, 0.5) is 0 Å². The third kappa shape index (κ3) is 2.64. The number of benzene rings is 6. The van der Waals surface area contributed by atoms with Gasteiger partial charge in [0.1, 0.15) is 0 Å². The fourth-order valence-electron chi connectivity index (χ4n) is 5.97. The first kappa shape index (κ1) is 18.8. The summed E-state index contributed by atoms with van der Waals surface area (Å²) in [5.74, 6) is 0. The van der Waals surface area contributed by atoms with E-state index >= 15 is 0 Å². The van der Waals surface area contributed by atoms with E-state index in [1.165, 1.54) is 77.1 Å². The molecular weight excluding hydrogens is 422 g/mol. The smallest absolute Gasteiger partial charge is 0.0477 e. The van der Waals surface area contributed by atoms with Crippen LogP contribution in [-0.4, -0.2) is 4.98 Å². The predicted octanol–water partition coefficient (Wildman–Crippen LogP) is 9.46. The first-order valence-corrected chi connectivity index (χ1v) is 12.1. The van der Waals surface area contributed by atoms with Gasteiger partial charge in [-0.25, -0.2) is 0 Å². The number of aromatic nitrogens is 1. The summed E-state index contributed by atoms with van der Waals surface area (Å²) >= 11 is 0. The molecule has 1 N–H and O–H groups in total. The van der Waals surface area contributed by atoms with Gasteiger partial charge in [0.05, 0.1) is 0 Å². The molecule has 0 saturated heterocycles. The number of rotatable bonds is 2. The summed E-state index contributed by atoms with van der Waals surface area (Å²) in [4.78, 5) is 3.81. The molecule has 1 nitrogen and oxygen atoms in total. The zero-order valence-corrected chi connectivity index (χ0v) is 19.0. The predicted molar refractivity (Wildman–Crippen MR) is 149 cm³/mol. The highest BCUT2D eigenvalue weighted by Gasteiger charge is 2.23. The van der Waals surface area contributed by atoms with Gasteiger partial charge in [0.15, 0.2) is 0 Å². The van der Waals surface area contributed by atoms with Crippen molar-refractivity contribution in [1.29, 1.82) is 0 Å². The van der Waals surface area contributed by atoms with Crippen molar-refractivity contribution in [3.05, 3.63) is 121 Å². The summed E-state index contributed by atoms with van der Waals surface area (Å²) in [6, 6.07) is 44.2. The zero-order chi connectivity index (χ0) is 22.9.